The van der Waals surface area contributed by atoms with E-state index in [0.717, 1.165) is 16.8 Å². The first-order valence-electron chi connectivity index (χ1n) is 8.77. The molecule has 0 aromatic heterocycles. The number of ether oxygens (including phenoxy) is 1. The highest BCUT2D eigenvalue weighted by atomic mass is 35.5. The van der Waals surface area contributed by atoms with Crippen molar-refractivity contribution in [1.29, 1.82) is 0 Å². The predicted molar refractivity (Wildman–Crippen MR) is 116 cm³/mol. The molecule has 0 bridgehead atoms. The lowest BCUT2D eigenvalue weighted by molar-refractivity contribution is -0.118. The average molecular weight is 415 g/mol. The molecule has 1 amide bonds. The van der Waals surface area contributed by atoms with Crippen LogP contribution in [0.25, 0.3) is 0 Å². The molecule has 28 heavy (non-hydrogen) atoms. The Hall–Kier alpha value is -2.69. The van der Waals surface area contributed by atoms with Gasteiger partial charge in [-0.1, -0.05) is 53.5 Å². The molecule has 0 aliphatic rings. The van der Waals surface area contributed by atoms with Gasteiger partial charge in [-0.05, 0) is 54.4 Å². The van der Waals surface area contributed by atoms with E-state index in [1.54, 1.807) is 12.1 Å². The minimum atomic E-state index is -0.246. The van der Waals surface area contributed by atoms with Crippen molar-refractivity contribution < 1.29 is 9.53 Å². The lowest BCUT2D eigenvalue weighted by Crippen LogP contribution is -2.20. The van der Waals surface area contributed by atoms with E-state index < -0.39 is 0 Å². The summed E-state index contributed by atoms with van der Waals surface area (Å²) in [6.07, 6.45) is 0. The summed E-state index contributed by atoms with van der Waals surface area (Å²) in [7, 11) is 0. The molecule has 6 heteroatoms. The van der Waals surface area contributed by atoms with E-state index >= 15 is 0 Å². The number of rotatable bonds is 7. The molecule has 4 nitrogen and oxygen atoms in total. The number of anilines is 2. The van der Waals surface area contributed by atoms with Crippen LogP contribution in [-0.2, 0) is 11.3 Å². The molecular weight excluding hydrogens is 395 g/mol. The maximum atomic E-state index is 12.0. The van der Waals surface area contributed by atoms with Crippen molar-refractivity contribution in [3.05, 3.63) is 87.9 Å². The van der Waals surface area contributed by atoms with Gasteiger partial charge in [0.15, 0.2) is 6.61 Å². The van der Waals surface area contributed by atoms with Gasteiger partial charge in [0.05, 0.1) is 10.7 Å². The van der Waals surface area contributed by atoms with E-state index in [2.05, 4.69) is 10.6 Å². The third-order valence-corrected chi connectivity index (χ3v) is 4.84. The first-order valence-corrected chi connectivity index (χ1v) is 9.53. The fourth-order valence-electron chi connectivity index (χ4n) is 2.52. The van der Waals surface area contributed by atoms with Crippen molar-refractivity contribution in [1.82, 2.24) is 0 Å². The number of hydrogen-bond donors (Lipinski definition) is 2. The van der Waals surface area contributed by atoms with Crippen LogP contribution in [0, 0.1) is 6.92 Å². The molecule has 3 aromatic carbocycles. The molecule has 3 aromatic rings. The number of nitrogens with one attached hydrogen (secondary N) is 2. The van der Waals surface area contributed by atoms with Crippen LogP contribution in [0.15, 0.2) is 66.7 Å². The Morgan fingerprint density at radius 1 is 0.964 bits per heavy atom. The Kier molecular flexibility index (Phi) is 6.80. The molecule has 0 aliphatic carbocycles. The maximum absolute atomic E-state index is 12.0. The molecule has 0 unspecified atom stereocenters. The normalized spacial score (nSPS) is 10.4. The third-order valence-electron chi connectivity index (χ3n) is 4.11. The van der Waals surface area contributed by atoms with Crippen LogP contribution in [0.3, 0.4) is 0 Å². The standard InChI is InChI=1S/C22H20Cl2N2O2/c1-15-6-9-17(12-20(15)24)26-22(27)14-28-18-10-7-16(8-11-18)13-25-21-5-3-2-4-19(21)23/h2-12,25H,13-14H2,1H3,(H,26,27). The fourth-order valence-corrected chi connectivity index (χ4v) is 2.91. The lowest BCUT2D eigenvalue weighted by atomic mass is 10.2. The summed E-state index contributed by atoms with van der Waals surface area (Å²) < 4.78 is 5.54. The Bertz CT molecular complexity index is 959. The van der Waals surface area contributed by atoms with Gasteiger partial charge in [-0.3, -0.25) is 4.79 Å². The van der Waals surface area contributed by atoms with Crippen molar-refractivity contribution in [3.63, 3.8) is 0 Å². The van der Waals surface area contributed by atoms with E-state index in [9.17, 15) is 4.79 Å². The van der Waals surface area contributed by atoms with Gasteiger partial charge in [-0.25, -0.2) is 0 Å². The predicted octanol–water partition coefficient (Wildman–Crippen LogP) is 5.93. The monoisotopic (exact) mass is 414 g/mol. The zero-order chi connectivity index (χ0) is 19.9. The van der Waals surface area contributed by atoms with E-state index in [4.69, 9.17) is 27.9 Å². The van der Waals surface area contributed by atoms with Gasteiger partial charge >= 0.3 is 0 Å². The Morgan fingerprint density at radius 3 is 2.43 bits per heavy atom. The number of benzene rings is 3. The largest absolute Gasteiger partial charge is 0.484 e. The first kappa shape index (κ1) is 20.1. The fraction of sp³-hybridized carbons (Fsp3) is 0.136. The van der Waals surface area contributed by atoms with E-state index in [1.807, 2.05) is 61.5 Å². The minimum Gasteiger partial charge on any atom is -0.484 e. The number of amides is 1. The van der Waals surface area contributed by atoms with Crippen LogP contribution in [0.2, 0.25) is 10.0 Å². The van der Waals surface area contributed by atoms with E-state index in [-0.39, 0.29) is 12.5 Å². The highest BCUT2D eigenvalue weighted by Gasteiger charge is 2.06. The second-order valence-corrected chi connectivity index (χ2v) is 7.09. The summed E-state index contributed by atoms with van der Waals surface area (Å²) in [5.41, 5.74) is 3.56. The Balaban J connectivity index is 1.48. The highest BCUT2D eigenvalue weighted by Crippen LogP contribution is 2.22. The van der Waals surface area contributed by atoms with Crippen molar-refractivity contribution in [2.24, 2.45) is 0 Å². The summed E-state index contributed by atoms with van der Waals surface area (Å²) >= 11 is 12.2. The van der Waals surface area contributed by atoms with Gasteiger partial charge in [0.25, 0.3) is 5.91 Å². The average Bonchev–Trinajstić information content (AvgIpc) is 2.69. The molecule has 2 N–H and O–H groups in total. The summed E-state index contributed by atoms with van der Waals surface area (Å²) in [6.45, 7) is 2.46. The molecule has 0 saturated heterocycles. The number of para-hydroxylation sites is 1. The van der Waals surface area contributed by atoms with Gasteiger partial charge < -0.3 is 15.4 Å². The van der Waals surface area contributed by atoms with Crippen LogP contribution in [-0.4, -0.2) is 12.5 Å². The summed E-state index contributed by atoms with van der Waals surface area (Å²) in [4.78, 5) is 12.0. The van der Waals surface area contributed by atoms with Crippen LogP contribution >= 0.6 is 23.2 Å². The van der Waals surface area contributed by atoms with E-state index in [0.29, 0.717) is 28.0 Å². The zero-order valence-electron chi connectivity index (χ0n) is 15.3. The molecule has 0 atom stereocenters. The Labute approximate surface area is 174 Å². The quantitative estimate of drug-likeness (QED) is 0.503. The van der Waals surface area contributed by atoms with Crippen molar-refractivity contribution in [3.8, 4) is 5.75 Å². The van der Waals surface area contributed by atoms with Gasteiger partial charge in [-0.15, -0.1) is 0 Å². The summed E-state index contributed by atoms with van der Waals surface area (Å²) in [5.74, 6) is 0.378. The zero-order valence-corrected chi connectivity index (χ0v) is 16.8. The van der Waals surface area contributed by atoms with E-state index in [1.165, 1.54) is 0 Å². The summed E-state index contributed by atoms with van der Waals surface area (Å²) in [6, 6.07) is 20.5. The van der Waals surface area contributed by atoms with Crippen LogP contribution in [0.4, 0.5) is 11.4 Å². The van der Waals surface area contributed by atoms with Gasteiger partial charge in [0, 0.05) is 17.3 Å². The highest BCUT2D eigenvalue weighted by molar-refractivity contribution is 6.33. The molecule has 0 saturated carbocycles. The molecular formula is C22H20Cl2N2O2. The third kappa shape index (κ3) is 5.65. The second-order valence-electron chi connectivity index (χ2n) is 6.28. The molecule has 0 aliphatic heterocycles. The SMILES string of the molecule is Cc1ccc(NC(=O)COc2ccc(CNc3ccccc3Cl)cc2)cc1Cl. The van der Waals surface area contributed by atoms with Crippen LogP contribution in [0.5, 0.6) is 5.75 Å². The number of carbonyl (C=O) groups excluding carboxylic acids is 1. The molecule has 0 fully saturated rings. The van der Waals surface area contributed by atoms with Gasteiger partial charge in [0.2, 0.25) is 0 Å². The van der Waals surface area contributed by atoms with Gasteiger partial charge in [-0.2, -0.15) is 0 Å². The molecule has 3 rings (SSSR count). The van der Waals surface area contributed by atoms with Gasteiger partial charge in [0.1, 0.15) is 5.75 Å². The first-order chi connectivity index (χ1) is 13.5. The van der Waals surface area contributed by atoms with Crippen molar-refractivity contribution in [2.45, 2.75) is 13.5 Å². The maximum Gasteiger partial charge on any atom is 0.262 e. The number of carbonyl (C=O) groups is 1. The molecule has 0 radical (unpaired) electrons. The van der Waals surface area contributed by atoms with Crippen molar-refractivity contribution in [2.75, 3.05) is 17.2 Å². The molecule has 0 spiro atoms. The minimum absolute atomic E-state index is 0.0806. The molecule has 144 valence electrons. The number of hydrogen-bond acceptors (Lipinski definition) is 3. The second kappa shape index (κ2) is 9.49. The molecule has 0 heterocycles. The lowest BCUT2D eigenvalue weighted by Gasteiger charge is -2.10. The summed E-state index contributed by atoms with van der Waals surface area (Å²) in [5, 5.41) is 7.35. The Morgan fingerprint density at radius 2 is 1.71 bits per heavy atom. The number of aryl methyl sites for hydroxylation is 1. The number of halogens is 2. The topological polar surface area (TPSA) is 50.4 Å². The van der Waals surface area contributed by atoms with Crippen molar-refractivity contribution >= 4 is 40.5 Å². The smallest absolute Gasteiger partial charge is 0.262 e. The van der Waals surface area contributed by atoms with Crippen LogP contribution in [0.1, 0.15) is 11.1 Å². The van der Waals surface area contributed by atoms with Crippen LogP contribution < -0.4 is 15.4 Å².